The van der Waals surface area contributed by atoms with Crippen molar-refractivity contribution in [2.75, 3.05) is 19.0 Å². The van der Waals surface area contributed by atoms with E-state index in [1.807, 2.05) is 6.08 Å². The molecule has 1 aliphatic heterocycles. The normalized spacial score (nSPS) is 19.8. The highest BCUT2D eigenvalue weighted by molar-refractivity contribution is 7.85. The lowest BCUT2D eigenvalue weighted by Gasteiger charge is -2.40. The Hall–Kier alpha value is -2.13. The van der Waals surface area contributed by atoms with Gasteiger partial charge >= 0.3 is 11.9 Å². The molecule has 1 aliphatic rings. The fourth-order valence-electron chi connectivity index (χ4n) is 7.93. The first-order chi connectivity index (χ1) is 31.5. The molecule has 1 rings (SSSR count). The summed E-state index contributed by atoms with van der Waals surface area (Å²) in [5, 5.41) is 31.0. The summed E-state index contributed by atoms with van der Waals surface area (Å²) in [6.45, 7) is 3.75. The van der Waals surface area contributed by atoms with Gasteiger partial charge in [-0.25, -0.2) is 0 Å². The summed E-state index contributed by atoms with van der Waals surface area (Å²) in [5.74, 6) is -2.04. The van der Waals surface area contributed by atoms with Crippen molar-refractivity contribution in [3.63, 3.8) is 0 Å². The lowest BCUT2D eigenvalue weighted by atomic mass is 10.00. The van der Waals surface area contributed by atoms with Crippen LogP contribution in [0.3, 0.4) is 0 Å². The Morgan fingerprint density at radius 1 is 0.523 bits per heavy atom. The number of rotatable bonds is 44. The van der Waals surface area contributed by atoms with E-state index in [1.165, 1.54) is 141 Å². The quantitative estimate of drug-likeness (QED) is 0.0196. The van der Waals surface area contributed by atoms with Crippen molar-refractivity contribution in [3.8, 4) is 0 Å². The van der Waals surface area contributed by atoms with Crippen LogP contribution in [-0.4, -0.2) is 96.0 Å². The highest BCUT2D eigenvalue weighted by atomic mass is 32.2. The van der Waals surface area contributed by atoms with Crippen LogP contribution in [0.2, 0.25) is 0 Å². The first-order valence-corrected chi connectivity index (χ1v) is 27.7. The van der Waals surface area contributed by atoms with Crippen LogP contribution in [0, 0.1) is 0 Å². The predicted molar refractivity (Wildman–Crippen MR) is 261 cm³/mol. The molecule has 1 fully saturated rings. The SMILES string of the molecule is CCCCCCCC/C=C/C/C=C/C/C=C/CCCC(=O)O[C@H](COC(=O)CCCCCCCCCCCCCCCCCCCCCC)CO[C@H]1O[C@H](CS(=O)(=O)O)[C@@H](O)C(O)C1O. The molecule has 380 valence electrons. The van der Waals surface area contributed by atoms with Gasteiger partial charge in [0.15, 0.2) is 12.4 Å². The molecule has 0 bridgehead atoms. The molecule has 13 heteroatoms. The fourth-order valence-corrected chi connectivity index (χ4v) is 8.62. The Kier molecular flexibility index (Phi) is 39.4. The minimum absolute atomic E-state index is 0.0946. The Morgan fingerprint density at radius 2 is 0.938 bits per heavy atom. The Labute approximate surface area is 395 Å². The number of carbonyl (C=O) groups is 2. The van der Waals surface area contributed by atoms with Crippen LogP contribution in [0.15, 0.2) is 36.5 Å². The molecule has 6 atom stereocenters. The highest BCUT2D eigenvalue weighted by Crippen LogP contribution is 2.24. The molecule has 12 nitrogen and oxygen atoms in total. The van der Waals surface area contributed by atoms with E-state index in [1.54, 1.807) is 0 Å². The zero-order chi connectivity index (χ0) is 47.6. The molecular weight excluding hydrogens is 849 g/mol. The number of allylic oxidation sites excluding steroid dienone is 6. The zero-order valence-corrected chi connectivity index (χ0v) is 41.7. The van der Waals surface area contributed by atoms with Gasteiger partial charge in [-0.1, -0.05) is 204 Å². The maximum absolute atomic E-state index is 12.8. The predicted octanol–water partition coefficient (Wildman–Crippen LogP) is 11.7. The number of carbonyl (C=O) groups excluding carboxylic acids is 2. The average Bonchev–Trinajstić information content (AvgIpc) is 3.27. The van der Waals surface area contributed by atoms with Gasteiger partial charge in [0.05, 0.1) is 6.61 Å². The molecule has 0 saturated carbocycles. The second-order valence-electron chi connectivity index (χ2n) is 18.2. The lowest BCUT2D eigenvalue weighted by molar-refractivity contribution is -0.297. The van der Waals surface area contributed by atoms with Crippen molar-refractivity contribution in [3.05, 3.63) is 36.5 Å². The van der Waals surface area contributed by atoms with E-state index in [2.05, 4.69) is 44.2 Å². The number of aliphatic hydroxyl groups excluding tert-OH is 3. The van der Waals surface area contributed by atoms with Crippen molar-refractivity contribution in [1.29, 1.82) is 0 Å². The second-order valence-corrected chi connectivity index (χ2v) is 19.7. The van der Waals surface area contributed by atoms with Crippen LogP contribution < -0.4 is 0 Å². The van der Waals surface area contributed by atoms with Crippen molar-refractivity contribution >= 4 is 22.1 Å². The fraction of sp³-hybridized carbons (Fsp3) is 0.846. The molecule has 0 spiro atoms. The number of ether oxygens (including phenoxy) is 4. The molecule has 4 N–H and O–H groups in total. The third kappa shape index (κ3) is 36.6. The molecule has 0 radical (unpaired) electrons. The van der Waals surface area contributed by atoms with E-state index in [0.717, 1.165) is 38.5 Å². The van der Waals surface area contributed by atoms with Crippen molar-refractivity contribution < 1.29 is 56.8 Å². The molecule has 0 aromatic carbocycles. The first kappa shape index (κ1) is 60.9. The van der Waals surface area contributed by atoms with Crippen molar-refractivity contribution in [2.24, 2.45) is 0 Å². The largest absolute Gasteiger partial charge is 0.462 e. The summed E-state index contributed by atoms with van der Waals surface area (Å²) in [6.07, 6.45) is 40.5. The molecule has 0 aromatic heterocycles. The Bertz CT molecular complexity index is 1330. The molecular formula is C52H94O12S. The number of aliphatic hydroxyl groups is 3. The molecule has 65 heavy (non-hydrogen) atoms. The standard InChI is InChI=1S/C52H94O12S/c1-3-5-7-9-11-13-15-17-19-21-22-23-25-26-28-30-32-34-36-38-40-47(53)61-42-45(43-62-52-51(57)50(56)49(55)46(64-52)44-65(58,59)60)63-48(54)41-39-37-35-33-31-29-27-24-20-18-16-14-12-10-8-6-4-2/h18,20,27,29,33,35,45-46,49-52,55-57H,3-17,19,21-26,28,30-32,34,36-44H2,1-2H3,(H,58,59,60)/b20-18+,29-27+,35-33+/t45-,46-,49-,50?,51?,52+/m1/s1. The third-order valence-corrected chi connectivity index (χ3v) is 12.7. The minimum Gasteiger partial charge on any atom is -0.462 e. The van der Waals surface area contributed by atoms with Crippen LogP contribution in [-0.2, 0) is 38.7 Å². The molecule has 0 aromatic rings. The van der Waals surface area contributed by atoms with Gasteiger partial charge in [0, 0.05) is 12.8 Å². The van der Waals surface area contributed by atoms with E-state index in [0.29, 0.717) is 19.3 Å². The Morgan fingerprint density at radius 3 is 1.42 bits per heavy atom. The second kappa shape index (κ2) is 42.0. The number of esters is 2. The first-order valence-electron chi connectivity index (χ1n) is 26.0. The zero-order valence-electron chi connectivity index (χ0n) is 40.8. The third-order valence-electron chi connectivity index (χ3n) is 12.0. The van der Waals surface area contributed by atoms with Crippen LogP contribution >= 0.6 is 0 Å². The topological polar surface area (TPSA) is 186 Å². The maximum atomic E-state index is 12.8. The van der Waals surface area contributed by atoms with Gasteiger partial charge in [-0.3, -0.25) is 14.1 Å². The molecule has 2 unspecified atom stereocenters. The maximum Gasteiger partial charge on any atom is 0.306 e. The van der Waals surface area contributed by atoms with E-state index in [-0.39, 0.29) is 19.4 Å². The number of hydrogen-bond acceptors (Lipinski definition) is 11. The summed E-state index contributed by atoms with van der Waals surface area (Å²) < 4.78 is 54.2. The summed E-state index contributed by atoms with van der Waals surface area (Å²) in [5.41, 5.74) is 0. The van der Waals surface area contributed by atoms with E-state index in [4.69, 9.17) is 18.9 Å². The van der Waals surface area contributed by atoms with Crippen LogP contribution in [0.5, 0.6) is 0 Å². The van der Waals surface area contributed by atoms with E-state index >= 15 is 0 Å². The van der Waals surface area contributed by atoms with Gasteiger partial charge in [0.1, 0.15) is 36.8 Å². The smallest absolute Gasteiger partial charge is 0.306 e. The van der Waals surface area contributed by atoms with Crippen molar-refractivity contribution in [2.45, 2.75) is 263 Å². The van der Waals surface area contributed by atoms with Crippen LogP contribution in [0.1, 0.15) is 226 Å². The van der Waals surface area contributed by atoms with Crippen molar-refractivity contribution in [1.82, 2.24) is 0 Å². The summed E-state index contributed by atoms with van der Waals surface area (Å²) >= 11 is 0. The van der Waals surface area contributed by atoms with Gasteiger partial charge in [-0.05, 0) is 44.9 Å². The molecule has 1 heterocycles. The van der Waals surface area contributed by atoms with Crippen LogP contribution in [0.4, 0.5) is 0 Å². The lowest BCUT2D eigenvalue weighted by Crippen LogP contribution is -2.60. The molecule has 0 aliphatic carbocycles. The highest BCUT2D eigenvalue weighted by Gasteiger charge is 2.46. The van der Waals surface area contributed by atoms with Gasteiger partial charge in [-0.15, -0.1) is 0 Å². The molecule has 1 saturated heterocycles. The van der Waals surface area contributed by atoms with Gasteiger partial charge < -0.3 is 34.3 Å². The van der Waals surface area contributed by atoms with Gasteiger partial charge in [0.25, 0.3) is 10.1 Å². The van der Waals surface area contributed by atoms with Crippen LogP contribution in [0.25, 0.3) is 0 Å². The summed E-state index contributed by atoms with van der Waals surface area (Å²) in [7, 11) is -4.61. The molecule has 0 amide bonds. The Balaban J connectivity index is 2.39. The van der Waals surface area contributed by atoms with E-state index < -0.39 is 71.2 Å². The minimum atomic E-state index is -4.61. The number of hydrogen-bond donors (Lipinski definition) is 4. The number of unbranched alkanes of at least 4 members (excludes halogenated alkanes) is 26. The summed E-state index contributed by atoms with van der Waals surface area (Å²) in [4.78, 5) is 25.5. The monoisotopic (exact) mass is 943 g/mol. The van der Waals surface area contributed by atoms with E-state index in [9.17, 15) is 37.9 Å². The van der Waals surface area contributed by atoms with Gasteiger partial charge in [-0.2, -0.15) is 8.42 Å². The average molecular weight is 943 g/mol. The van der Waals surface area contributed by atoms with Gasteiger partial charge in [0.2, 0.25) is 0 Å². The summed E-state index contributed by atoms with van der Waals surface area (Å²) in [6, 6.07) is 0.